The van der Waals surface area contributed by atoms with Gasteiger partial charge in [-0.05, 0) is 30.2 Å². The van der Waals surface area contributed by atoms with Gasteiger partial charge in [0, 0.05) is 13.2 Å². The number of amides is 1. The summed E-state index contributed by atoms with van der Waals surface area (Å²) in [5, 5.41) is 5.25. The van der Waals surface area contributed by atoms with E-state index in [0.717, 1.165) is 26.1 Å². The van der Waals surface area contributed by atoms with E-state index in [1.54, 1.807) is 6.07 Å². The molecule has 2 rings (SSSR count). The van der Waals surface area contributed by atoms with Crippen LogP contribution in [0.5, 0.6) is 0 Å². The van der Waals surface area contributed by atoms with Crippen LogP contribution in [-0.4, -0.2) is 25.7 Å². The molecule has 5 heteroatoms. The van der Waals surface area contributed by atoms with Crippen LogP contribution >= 0.6 is 22.9 Å². The molecule has 1 aromatic heterocycles. The lowest BCUT2D eigenvalue weighted by Gasteiger charge is -2.22. The van der Waals surface area contributed by atoms with Gasteiger partial charge in [0.1, 0.15) is 4.88 Å². The molecule has 0 saturated carbocycles. The zero-order chi connectivity index (χ0) is 11.4. The number of rotatable bonds is 3. The molecular formula is C11H14ClNO2S. The zero-order valence-corrected chi connectivity index (χ0v) is 10.4. The zero-order valence-electron chi connectivity index (χ0n) is 8.87. The van der Waals surface area contributed by atoms with Crippen LogP contribution in [0.15, 0.2) is 11.4 Å². The number of thiophene rings is 1. The van der Waals surface area contributed by atoms with E-state index >= 15 is 0 Å². The van der Waals surface area contributed by atoms with Gasteiger partial charge < -0.3 is 10.1 Å². The Labute approximate surface area is 104 Å². The Kier molecular flexibility index (Phi) is 4.21. The minimum absolute atomic E-state index is 0.0782. The van der Waals surface area contributed by atoms with Crippen molar-refractivity contribution >= 4 is 28.8 Å². The Hall–Kier alpha value is -0.580. The molecule has 1 N–H and O–H groups in total. The molecule has 1 fully saturated rings. The van der Waals surface area contributed by atoms with E-state index in [9.17, 15) is 4.79 Å². The maximum atomic E-state index is 11.7. The van der Waals surface area contributed by atoms with Crippen LogP contribution in [0.1, 0.15) is 22.5 Å². The molecule has 0 aliphatic carbocycles. The second kappa shape index (κ2) is 5.66. The van der Waals surface area contributed by atoms with E-state index in [0.29, 0.717) is 22.4 Å². The van der Waals surface area contributed by atoms with Crippen molar-refractivity contribution in [3.8, 4) is 0 Å². The number of ether oxygens (including phenoxy) is 1. The highest BCUT2D eigenvalue weighted by molar-refractivity contribution is 7.12. The normalized spacial score (nSPS) is 20.7. The molecule has 2 heterocycles. The summed E-state index contributed by atoms with van der Waals surface area (Å²) < 4.78 is 5.35. The predicted molar refractivity (Wildman–Crippen MR) is 65.2 cm³/mol. The van der Waals surface area contributed by atoms with Gasteiger partial charge in [-0.15, -0.1) is 11.3 Å². The Balaban J connectivity index is 1.81. The number of hydrogen-bond acceptors (Lipinski definition) is 3. The van der Waals surface area contributed by atoms with Crippen LogP contribution in [0.25, 0.3) is 0 Å². The summed E-state index contributed by atoms with van der Waals surface area (Å²) in [5.74, 6) is 0.363. The van der Waals surface area contributed by atoms with E-state index < -0.39 is 0 Å². The lowest BCUT2D eigenvalue weighted by Crippen LogP contribution is -2.32. The molecule has 1 amide bonds. The van der Waals surface area contributed by atoms with Gasteiger partial charge in [-0.1, -0.05) is 11.6 Å². The van der Waals surface area contributed by atoms with Gasteiger partial charge in [-0.2, -0.15) is 0 Å². The standard InChI is InChI=1S/C11H14ClNO2S/c12-9-3-5-16-10(9)11(14)13-6-8-2-1-4-15-7-8/h3,5,8H,1-2,4,6-7H2,(H,13,14). The summed E-state index contributed by atoms with van der Waals surface area (Å²) in [4.78, 5) is 12.3. The van der Waals surface area contributed by atoms with Crippen LogP contribution in [0.3, 0.4) is 0 Å². The van der Waals surface area contributed by atoms with Gasteiger partial charge >= 0.3 is 0 Å². The lowest BCUT2D eigenvalue weighted by atomic mass is 10.0. The van der Waals surface area contributed by atoms with Gasteiger partial charge in [0.15, 0.2) is 0 Å². The summed E-state index contributed by atoms with van der Waals surface area (Å²) in [5.41, 5.74) is 0. The van der Waals surface area contributed by atoms with E-state index in [2.05, 4.69) is 5.32 Å². The van der Waals surface area contributed by atoms with E-state index in [4.69, 9.17) is 16.3 Å². The number of carbonyl (C=O) groups is 1. The Morgan fingerprint density at radius 3 is 3.19 bits per heavy atom. The molecule has 0 bridgehead atoms. The third-order valence-electron chi connectivity index (χ3n) is 2.63. The first-order valence-electron chi connectivity index (χ1n) is 5.36. The van der Waals surface area contributed by atoms with Gasteiger partial charge in [0.2, 0.25) is 0 Å². The minimum atomic E-state index is -0.0782. The van der Waals surface area contributed by atoms with Crippen molar-refractivity contribution in [3.63, 3.8) is 0 Å². The summed E-state index contributed by atoms with van der Waals surface area (Å²) in [7, 11) is 0. The average Bonchev–Trinajstić information content (AvgIpc) is 2.74. The Morgan fingerprint density at radius 2 is 2.56 bits per heavy atom. The molecule has 1 unspecified atom stereocenters. The fourth-order valence-electron chi connectivity index (χ4n) is 1.74. The van der Waals surface area contributed by atoms with Crippen LogP contribution in [0.4, 0.5) is 0 Å². The van der Waals surface area contributed by atoms with E-state index in [1.807, 2.05) is 5.38 Å². The predicted octanol–water partition coefficient (Wildman–Crippen LogP) is 2.56. The van der Waals surface area contributed by atoms with Crippen molar-refractivity contribution in [1.82, 2.24) is 5.32 Å². The maximum Gasteiger partial charge on any atom is 0.262 e. The molecule has 0 spiro atoms. The quantitative estimate of drug-likeness (QED) is 0.906. The van der Waals surface area contributed by atoms with Crippen molar-refractivity contribution < 1.29 is 9.53 Å². The second-order valence-electron chi connectivity index (χ2n) is 3.89. The van der Waals surface area contributed by atoms with E-state index in [-0.39, 0.29) is 5.91 Å². The average molecular weight is 260 g/mol. The van der Waals surface area contributed by atoms with Gasteiger partial charge in [-0.25, -0.2) is 0 Å². The first-order valence-corrected chi connectivity index (χ1v) is 6.62. The summed E-state index contributed by atoms with van der Waals surface area (Å²) >= 11 is 7.25. The molecule has 1 aromatic rings. The molecule has 0 radical (unpaired) electrons. The monoisotopic (exact) mass is 259 g/mol. The molecule has 3 nitrogen and oxygen atoms in total. The van der Waals surface area contributed by atoms with E-state index in [1.165, 1.54) is 11.3 Å². The fraction of sp³-hybridized carbons (Fsp3) is 0.545. The second-order valence-corrected chi connectivity index (χ2v) is 5.21. The van der Waals surface area contributed by atoms with Crippen molar-refractivity contribution in [2.24, 2.45) is 5.92 Å². The molecule has 1 aliphatic heterocycles. The van der Waals surface area contributed by atoms with Crippen molar-refractivity contribution in [2.45, 2.75) is 12.8 Å². The van der Waals surface area contributed by atoms with Crippen molar-refractivity contribution in [1.29, 1.82) is 0 Å². The first-order chi connectivity index (χ1) is 7.77. The van der Waals surface area contributed by atoms with Gasteiger partial charge in [0.25, 0.3) is 5.91 Å². The van der Waals surface area contributed by atoms with Crippen LogP contribution in [0, 0.1) is 5.92 Å². The first kappa shape index (κ1) is 11.9. The fourth-order valence-corrected chi connectivity index (χ4v) is 2.80. The molecule has 0 aromatic carbocycles. The third-order valence-corrected chi connectivity index (χ3v) is 3.97. The van der Waals surface area contributed by atoms with Crippen LogP contribution in [-0.2, 0) is 4.74 Å². The molecule has 1 atom stereocenters. The van der Waals surface area contributed by atoms with Gasteiger partial charge in [0.05, 0.1) is 11.6 Å². The molecule has 1 aliphatic rings. The molecule has 1 saturated heterocycles. The minimum Gasteiger partial charge on any atom is -0.381 e. The summed E-state index contributed by atoms with van der Waals surface area (Å²) in [6.07, 6.45) is 2.21. The SMILES string of the molecule is O=C(NCC1CCCOC1)c1sccc1Cl. The molecular weight excluding hydrogens is 246 g/mol. The van der Waals surface area contributed by atoms with Crippen molar-refractivity contribution in [2.75, 3.05) is 19.8 Å². The number of carbonyl (C=O) groups excluding carboxylic acids is 1. The highest BCUT2D eigenvalue weighted by atomic mass is 35.5. The van der Waals surface area contributed by atoms with Crippen LogP contribution < -0.4 is 5.32 Å². The highest BCUT2D eigenvalue weighted by Crippen LogP contribution is 2.21. The Morgan fingerprint density at radius 1 is 1.69 bits per heavy atom. The largest absolute Gasteiger partial charge is 0.381 e. The number of nitrogens with one attached hydrogen (secondary N) is 1. The summed E-state index contributed by atoms with van der Waals surface area (Å²) in [6, 6.07) is 1.74. The smallest absolute Gasteiger partial charge is 0.262 e. The number of halogens is 1. The molecule has 16 heavy (non-hydrogen) atoms. The highest BCUT2D eigenvalue weighted by Gasteiger charge is 2.16. The van der Waals surface area contributed by atoms with Gasteiger partial charge in [-0.3, -0.25) is 4.79 Å². The third kappa shape index (κ3) is 2.97. The van der Waals surface area contributed by atoms with Crippen molar-refractivity contribution in [3.05, 3.63) is 21.3 Å². The maximum absolute atomic E-state index is 11.7. The molecule has 88 valence electrons. The number of hydrogen-bond donors (Lipinski definition) is 1. The summed E-state index contributed by atoms with van der Waals surface area (Å²) in [6.45, 7) is 2.27. The lowest BCUT2D eigenvalue weighted by molar-refractivity contribution is 0.0536. The van der Waals surface area contributed by atoms with Crippen LogP contribution in [0.2, 0.25) is 5.02 Å². The Bertz CT molecular complexity index is 361. The topological polar surface area (TPSA) is 38.3 Å².